The van der Waals surface area contributed by atoms with Gasteiger partial charge in [-0.15, -0.1) is 0 Å². The smallest absolute Gasteiger partial charge is 0.442 e. The van der Waals surface area contributed by atoms with E-state index in [4.69, 9.17) is 27.9 Å². The van der Waals surface area contributed by atoms with Gasteiger partial charge in [-0.1, -0.05) is 52.6 Å². The highest BCUT2D eigenvalue weighted by Crippen LogP contribution is 2.29. The van der Waals surface area contributed by atoms with Crippen LogP contribution in [0.2, 0.25) is 10.0 Å². The fourth-order valence-corrected chi connectivity index (χ4v) is 3.28. The molecule has 2 heterocycles. The molecular formula is C19H11Cl2F3N4O3. The molecule has 0 saturated heterocycles. The minimum absolute atomic E-state index is 0.0466. The number of cyclic esters (lactones) is 1. The summed E-state index contributed by atoms with van der Waals surface area (Å²) < 4.78 is 47.2. The molecule has 4 rings (SSSR count). The lowest BCUT2D eigenvalue weighted by Gasteiger charge is -2.24. The summed E-state index contributed by atoms with van der Waals surface area (Å²) in [6.45, 7) is 0.0167. The summed E-state index contributed by atoms with van der Waals surface area (Å²) in [4.78, 5) is 15.4. The molecule has 0 saturated carbocycles. The van der Waals surface area contributed by atoms with Crippen molar-refractivity contribution in [3.8, 4) is 11.4 Å². The first-order valence-electron chi connectivity index (χ1n) is 8.68. The van der Waals surface area contributed by atoms with Crippen molar-refractivity contribution in [2.75, 3.05) is 6.61 Å². The Morgan fingerprint density at radius 1 is 1.10 bits per heavy atom. The molecule has 0 unspecified atom stereocenters. The molecule has 0 fully saturated rings. The van der Waals surface area contributed by atoms with Crippen LogP contribution in [0.5, 0.6) is 0 Å². The molecule has 0 atom stereocenters. The molecule has 0 spiro atoms. The van der Waals surface area contributed by atoms with E-state index < -0.39 is 18.2 Å². The lowest BCUT2D eigenvalue weighted by molar-refractivity contribution is -0.159. The van der Waals surface area contributed by atoms with E-state index in [9.17, 15) is 18.0 Å². The van der Waals surface area contributed by atoms with Crippen LogP contribution in [-0.2, 0) is 17.5 Å². The number of benzene rings is 2. The van der Waals surface area contributed by atoms with Crippen LogP contribution in [0.3, 0.4) is 0 Å². The highest BCUT2D eigenvalue weighted by atomic mass is 35.5. The number of aromatic nitrogens is 2. The Morgan fingerprint density at radius 2 is 1.84 bits per heavy atom. The molecule has 1 aromatic heterocycles. The zero-order valence-corrected chi connectivity index (χ0v) is 16.9. The van der Waals surface area contributed by atoms with E-state index in [-0.39, 0.29) is 19.0 Å². The number of nitrogens with zero attached hydrogens (tertiary/aromatic N) is 4. The van der Waals surface area contributed by atoms with Gasteiger partial charge in [0.1, 0.15) is 12.3 Å². The maximum atomic E-state index is 12.6. The Bertz CT molecular complexity index is 1160. The van der Waals surface area contributed by atoms with Crippen LogP contribution < -0.4 is 0 Å². The zero-order valence-electron chi connectivity index (χ0n) is 15.4. The van der Waals surface area contributed by atoms with E-state index >= 15 is 0 Å². The first kappa shape index (κ1) is 21.1. The molecule has 0 N–H and O–H groups in total. The fraction of sp³-hybridized carbons (Fsp3) is 0.158. The molecule has 7 nitrogen and oxygen atoms in total. The Balaban J connectivity index is 1.52. The summed E-state index contributed by atoms with van der Waals surface area (Å²) in [5.41, 5.74) is 2.00. The SMILES string of the molecule is O=C1OCC(c2ccc(Cl)cc2Cl)=NN1Cc1ccc(-c2noc(C(F)(F)F)n2)cc1. The van der Waals surface area contributed by atoms with Crippen LogP contribution >= 0.6 is 23.2 Å². The number of hydrogen-bond donors (Lipinski definition) is 0. The number of alkyl halides is 3. The van der Waals surface area contributed by atoms with Gasteiger partial charge in [-0.25, -0.2) is 4.79 Å². The van der Waals surface area contributed by atoms with Crippen molar-refractivity contribution in [3.05, 3.63) is 69.5 Å². The molecule has 3 aromatic rings. The topological polar surface area (TPSA) is 80.8 Å². The van der Waals surface area contributed by atoms with E-state index in [0.717, 1.165) is 5.01 Å². The summed E-state index contributed by atoms with van der Waals surface area (Å²) in [6.07, 6.45) is -5.37. The molecule has 0 radical (unpaired) electrons. The van der Waals surface area contributed by atoms with Gasteiger partial charge in [0.15, 0.2) is 0 Å². The van der Waals surface area contributed by atoms with Gasteiger partial charge in [0, 0.05) is 16.1 Å². The normalized spacial score (nSPS) is 14.4. The number of hydrogen-bond acceptors (Lipinski definition) is 6. The van der Waals surface area contributed by atoms with Gasteiger partial charge in [0.2, 0.25) is 5.82 Å². The number of carbonyl (C=O) groups excluding carboxylic acids is 1. The van der Waals surface area contributed by atoms with Crippen molar-refractivity contribution in [1.29, 1.82) is 0 Å². The van der Waals surface area contributed by atoms with E-state index in [0.29, 0.717) is 32.4 Å². The Kier molecular flexibility index (Phi) is 5.59. The van der Waals surface area contributed by atoms with Crippen molar-refractivity contribution in [2.24, 2.45) is 5.10 Å². The lowest BCUT2D eigenvalue weighted by Crippen LogP contribution is -2.35. The van der Waals surface area contributed by atoms with Crippen LogP contribution in [0.4, 0.5) is 18.0 Å². The average Bonchev–Trinajstić information content (AvgIpc) is 3.21. The van der Waals surface area contributed by atoms with Crippen LogP contribution in [0.25, 0.3) is 11.4 Å². The fourth-order valence-electron chi connectivity index (χ4n) is 2.76. The second-order valence-corrected chi connectivity index (χ2v) is 7.24. The van der Waals surface area contributed by atoms with Gasteiger partial charge in [0.05, 0.1) is 11.6 Å². The van der Waals surface area contributed by atoms with Crippen LogP contribution in [-0.4, -0.2) is 33.6 Å². The van der Waals surface area contributed by atoms with Gasteiger partial charge in [-0.2, -0.15) is 28.3 Å². The minimum atomic E-state index is -4.72. The van der Waals surface area contributed by atoms with Crippen molar-refractivity contribution >= 4 is 35.0 Å². The average molecular weight is 471 g/mol. The monoisotopic (exact) mass is 470 g/mol. The highest BCUT2D eigenvalue weighted by Gasteiger charge is 2.38. The minimum Gasteiger partial charge on any atom is -0.442 e. The third-order valence-corrected chi connectivity index (χ3v) is 4.79. The molecule has 1 aliphatic heterocycles. The quantitative estimate of drug-likeness (QED) is 0.508. The Morgan fingerprint density at radius 3 is 2.48 bits per heavy atom. The third kappa shape index (κ3) is 4.64. The van der Waals surface area contributed by atoms with Gasteiger partial charge in [-0.05, 0) is 23.8 Å². The largest absolute Gasteiger partial charge is 0.471 e. The maximum absolute atomic E-state index is 12.6. The zero-order chi connectivity index (χ0) is 22.2. The summed E-state index contributed by atoms with van der Waals surface area (Å²) in [5.74, 6) is -1.63. The molecule has 0 bridgehead atoms. The first-order valence-corrected chi connectivity index (χ1v) is 9.44. The van der Waals surface area contributed by atoms with Gasteiger partial charge >= 0.3 is 18.2 Å². The number of ether oxygens (including phenoxy) is 1. The number of amides is 1. The Hall–Kier alpha value is -3.11. The molecule has 160 valence electrons. The van der Waals surface area contributed by atoms with Gasteiger partial charge < -0.3 is 9.26 Å². The maximum Gasteiger partial charge on any atom is 0.471 e. The van der Waals surface area contributed by atoms with Crippen LogP contribution in [0.1, 0.15) is 17.0 Å². The first-order chi connectivity index (χ1) is 14.7. The lowest BCUT2D eigenvalue weighted by atomic mass is 10.1. The molecule has 12 heteroatoms. The third-order valence-electron chi connectivity index (χ3n) is 4.24. The number of carbonyl (C=O) groups is 1. The molecule has 0 aliphatic carbocycles. The summed E-state index contributed by atoms with van der Waals surface area (Å²) in [6, 6.07) is 11.1. The van der Waals surface area contributed by atoms with Crippen molar-refractivity contribution < 1.29 is 27.2 Å². The van der Waals surface area contributed by atoms with E-state index in [2.05, 4.69) is 19.8 Å². The standard InChI is InChI=1S/C19H11Cl2F3N4O3/c20-12-5-6-13(14(21)7-12)15-9-30-18(29)28(26-15)8-10-1-3-11(4-2-10)16-25-17(31-27-16)19(22,23)24/h1-7H,8-9H2. The predicted octanol–water partition coefficient (Wildman–Crippen LogP) is 5.42. The van der Waals surface area contributed by atoms with Crippen molar-refractivity contribution in [1.82, 2.24) is 15.1 Å². The van der Waals surface area contributed by atoms with E-state index in [1.807, 2.05) is 0 Å². The Labute approximate surface area is 183 Å². The predicted molar refractivity (Wildman–Crippen MR) is 105 cm³/mol. The second kappa shape index (κ2) is 8.20. The summed E-state index contributed by atoms with van der Waals surface area (Å²) >= 11 is 12.1. The van der Waals surface area contributed by atoms with E-state index in [1.54, 1.807) is 30.3 Å². The summed E-state index contributed by atoms with van der Waals surface area (Å²) in [5, 5.41) is 9.60. The highest BCUT2D eigenvalue weighted by molar-refractivity contribution is 6.37. The molecule has 1 amide bonds. The van der Waals surface area contributed by atoms with Crippen molar-refractivity contribution in [3.63, 3.8) is 0 Å². The van der Waals surface area contributed by atoms with Crippen LogP contribution in [0.15, 0.2) is 52.1 Å². The number of rotatable bonds is 4. The van der Waals surface area contributed by atoms with Gasteiger partial charge in [-0.3, -0.25) is 0 Å². The number of halogens is 5. The number of hydrazone groups is 1. The molecular weight excluding hydrogens is 460 g/mol. The molecule has 31 heavy (non-hydrogen) atoms. The molecule has 2 aromatic carbocycles. The molecule has 1 aliphatic rings. The van der Waals surface area contributed by atoms with E-state index in [1.165, 1.54) is 12.1 Å². The summed E-state index contributed by atoms with van der Waals surface area (Å²) in [7, 11) is 0. The van der Waals surface area contributed by atoms with Crippen molar-refractivity contribution in [2.45, 2.75) is 12.7 Å². The van der Waals surface area contributed by atoms with Crippen LogP contribution in [0, 0.1) is 0 Å². The second-order valence-electron chi connectivity index (χ2n) is 6.40. The van der Waals surface area contributed by atoms with Gasteiger partial charge in [0.25, 0.3) is 0 Å².